The zero-order valence-electron chi connectivity index (χ0n) is 12.0. The van der Waals surface area contributed by atoms with Crippen LogP contribution in [0.25, 0.3) is 0 Å². The van der Waals surface area contributed by atoms with Gasteiger partial charge in [-0.15, -0.1) is 0 Å². The van der Waals surface area contributed by atoms with E-state index in [0.29, 0.717) is 10.8 Å². The third kappa shape index (κ3) is 4.18. The van der Waals surface area contributed by atoms with Crippen LogP contribution in [0.1, 0.15) is 39.0 Å². The zero-order chi connectivity index (χ0) is 14.4. The van der Waals surface area contributed by atoms with Gasteiger partial charge in [0.25, 0.3) is 5.91 Å². The summed E-state index contributed by atoms with van der Waals surface area (Å²) in [6.07, 6.45) is 7.93. The van der Waals surface area contributed by atoms with E-state index in [1.54, 1.807) is 18.3 Å². The molecule has 1 amide bonds. The molecule has 1 atom stereocenters. The fraction of sp³-hybridized carbons (Fsp3) is 0.600. The maximum Gasteiger partial charge on any atom is 0.282 e. The van der Waals surface area contributed by atoms with Crippen molar-refractivity contribution in [2.75, 3.05) is 18.4 Å². The number of carbonyl (C=O) groups excluding carboxylic acids is 1. The number of nitrogens with one attached hydrogen (secondary N) is 2. The number of likely N-dealkylation sites (tertiary alicyclic amines) is 1. The number of amides is 1. The van der Waals surface area contributed by atoms with Crippen molar-refractivity contribution in [3.8, 4) is 0 Å². The van der Waals surface area contributed by atoms with E-state index in [4.69, 9.17) is 11.6 Å². The molecule has 0 spiro atoms. The van der Waals surface area contributed by atoms with Gasteiger partial charge in [-0.2, -0.15) is 0 Å². The van der Waals surface area contributed by atoms with Gasteiger partial charge in [0, 0.05) is 6.20 Å². The topological polar surface area (TPSA) is 46.4 Å². The van der Waals surface area contributed by atoms with Crippen molar-refractivity contribution >= 4 is 23.2 Å². The first kappa shape index (κ1) is 15.3. The number of rotatable bonds is 3. The number of hydrogen-bond donors (Lipinski definition) is 2. The first-order chi connectivity index (χ1) is 9.68. The van der Waals surface area contributed by atoms with Crippen molar-refractivity contribution in [3.63, 3.8) is 0 Å². The second kappa shape index (κ2) is 7.60. The minimum atomic E-state index is -0.0515. The zero-order valence-corrected chi connectivity index (χ0v) is 12.7. The second-order valence-corrected chi connectivity index (χ2v) is 5.84. The molecule has 20 heavy (non-hydrogen) atoms. The third-order valence-corrected chi connectivity index (χ3v) is 4.32. The van der Waals surface area contributed by atoms with Crippen molar-refractivity contribution in [2.24, 2.45) is 0 Å². The number of pyridine rings is 1. The monoisotopic (exact) mass is 296 g/mol. The lowest BCUT2D eigenvalue weighted by Crippen LogP contribution is -3.16. The summed E-state index contributed by atoms with van der Waals surface area (Å²) in [5, 5.41) is 3.23. The van der Waals surface area contributed by atoms with E-state index in [9.17, 15) is 4.79 Å². The molecular formula is C15H23ClN3O+. The maximum absolute atomic E-state index is 12.3. The van der Waals surface area contributed by atoms with Gasteiger partial charge in [0.2, 0.25) is 0 Å². The second-order valence-electron chi connectivity index (χ2n) is 5.48. The number of aromatic nitrogens is 1. The fourth-order valence-corrected chi connectivity index (χ4v) is 2.86. The minimum Gasteiger partial charge on any atom is -0.325 e. The molecule has 1 aliphatic rings. The Morgan fingerprint density at radius 2 is 1.95 bits per heavy atom. The van der Waals surface area contributed by atoms with Gasteiger partial charge in [0.15, 0.2) is 11.2 Å². The van der Waals surface area contributed by atoms with Gasteiger partial charge in [-0.25, -0.2) is 4.98 Å². The Labute approximate surface area is 125 Å². The van der Waals surface area contributed by atoms with Crippen molar-refractivity contribution in [3.05, 3.63) is 23.5 Å². The van der Waals surface area contributed by atoms with Gasteiger partial charge in [0.05, 0.1) is 18.8 Å². The summed E-state index contributed by atoms with van der Waals surface area (Å²) in [5.74, 6) is 0.0236. The summed E-state index contributed by atoms with van der Waals surface area (Å²) in [7, 11) is 0. The molecule has 1 saturated heterocycles. The molecule has 1 aromatic heterocycles. The van der Waals surface area contributed by atoms with Gasteiger partial charge in [-0.3, -0.25) is 4.79 Å². The predicted octanol–water partition coefficient (Wildman–Crippen LogP) is 1.91. The normalized spacial score (nSPS) is 18.9. The van der Waals surface area contributed by atoms with Crippen LogP contribution in [0.5, 0.6) is 0 Å². The fourth-order valence-electron chi connectivity index (χ4n) is 2.70. The lowest BCUT2D eigenvalue weighted by Gasteiger charge is -2.27. The first-order valence-electron chi connectivity index (χ1n) is 7.44. The third-order valence-electron chi connectivity index (χ3n) is 4.02. The van der Waals surface area contributed by atoms with E-state index in [2.05, 4.69) is 10.3 Å². The molecule has 5 heteroatoms. The Morgan fingerprint density at radius 3 is 2.60 bits per heavy atom. The Balaban J connectivity index is 1.95. The molecule has 2 heterocycles. The van der Waals surface area contributed by atoms with Crippen LogP contribution in [0, 0.1) is 0 Å². The average Bonchev–Trinajstić information content (AvgIpc) is 2.40. The van der Waals surface area contributed by atoms with Crippen LogP contribution in [-0.2, 0) is 4.79 Å². The number of quaternary nitrogens is 1. The van der Waals surface area contributed by atoms with E-state index < -0.39 is 0 Å². The number of carbonyl (C=O) groups is 1. The number of hydrogen-bond acceptors (Lipinski definition) is 2. The number of anilines is 1. The van der Waals surface area contributed by atoms with Crippen molar-refractivity contribution in [1.82, 2.24) is 4.98 Å². The quantitative estimate of drug-likeness (QED) is 0.837. The van der Waals surface area contributed by atoms with Crippen LogP contribution in [0.15, 0.2) is 18.3 Å². The number of nitrogens with zero attached hydrogens (tertiary/aromatic N) is 1. The molecule has 110 valence electrons. The van der Waals surface area contributed by atoms with Gasteiger partial charge < -0.3 is 10.2 Å². The molecule has 1 aliphatic heterocycles. The first-order valence-corrected chi connectivity index (χ1v) is 7.82. The van der Waals surface area contributed by atoms with Gasteiger partial charge >= 0.3 is 0 Å². The Morgan fingerprint density at radius 1 is 1.30 bits per heavy atom. The van der Waals surface area contributed by atoms with E-state index in [1.165, 1.54) is 37.0 Å². The van der Waals surface area contributed by atoms with Gasteiger partial charge in [-0.1, -0.05) is 18.0 Å². The van der Waals surface area contributed by atoms with Crippen molar-refractivity contribution in [2.45, 2.75) is 45.1 Å². The standard InChI is InChI=1S/C15H22ClN3O/c1-12(19-10-5-3-2-4-6-11-19)15(20)18-13-8-7-9-17-14(13)16/h7-9,12H,2-6,10-11H2,1H3,(H,18,20)/p+1/t12-/m0/s1. The van der Waals surface area contributed by atoms with E-state index in [1.807, 2.05) is 6.92 Å². The summed E-state index contributed by atoms with van der Waals surface area (Å²) < 4.78 is 0. The summed E-state index contributed by atoms with van der Waals surface area (Å²) in [6, 6.07) is 3.50. The van der Waals surface area contributed by atoms with Crippen LogP contribution < -0.4 is 10.2 Å². The number of halogens is 1. The highest BCUT2D eigenvalue weighted by Gasteiger charge is 2.25. The predicted molar refractivity (Wildman–Crippen MR) is 81.1 cm³/mol. The highest BCUT2D eigenvalue weighted by atomic mass is 35.5. The van der Waals surface area contributed by atoms with Crippen molar-refractivity contribution in [1.29, 1.82) is 0 Å². The highest BCUT2D eigenvalue weighted by Crippen LogP contribution is 2.17. The van der Waals surface area contributed by atoms with Crippen LogP contribution in [0.2, 0.25) is 5.15 Å². The minimum absolute atomic E-state index is 0.0236. The molecule has 2 rings (SSSR count). The largest absolute Gasteiger partial charge is 0.325 e. The smallest absolute Gasteiger partial charge is 0.282 e. The molecular weight excluding hydrogens is 274 g/mol. The molecule has 1 aromatic rings. The van der Waals surface area contributed by atoms with Crippen LogP contribution in [0.3, 0.4) is 0 Å². The van der Waals surface area contributed by atoms with E-state index in [0.717, 1.165) is 13.1 Å². The molecule has 0 radical (unpaired) electrons. The van der Waals surface area contributed by atoms with E-state index in [-0.39, 0.29) is 11.9 Å². The van der Waals surface area contributed by atoms with Gasteiger partial charge in [-0.05, 0) is 44.7 Å². The van der Waals surface area contributed by atoms with Crippen molar-refractivity contribution < 1.29 is 9.69 Å². The van der Waals surface area contributed by atoms with Gasteiger partial charge in [0.1, 0.15) is 0 Å². The molecule has 0 aromatic carbocycles. The average molecular weight is 297 g/mol. The van der Waals surface area contributed by atoms with Crippen LogP contribution >= 0.6 is 11.6 Å². The summed E-state index contributed by atoms with van der Waals surface area (Å²) in [4.78, 5) is 17.7. The maximum atomic E-state index is 12.3. The molecule has 1 fully saturated rings. The highest BCUT2D eigenvalue weighted by molar-refractivity contribution is 6.32. The Bertz CT molecular complexity index is 444. The summed E-state index contributed by atoms with van der Waals surface area (Å²) in [6.45, 7) is 4.15. The molecule has 0 saturated carbocycles. The molecule has 0 bridgehead atoms. The lowest BCUT2D eigenvalue weighted by molar-refractivity contribution is -0.914. The Hall–Kier alpha value is -1.13. The summed E-state index contributed by atoms with van der Waals surface area (Å²) >= 11 is 5.97. The van der Waals surface area contributed by atoms with Crippen LogP contribution in [-0.4, -0.2) is 30.0 Å². The molecule has 0 unspecified atom stereocenters. The van der Waals surface area contributed by atoms with Crippen LogP contribution in [0.4, 0.5) is 5.69 Å². The Kier molecular flexibility index (Phi) is 5.80. The lowest BCUT2D eigenvalue weighted by atomic mass is 10.1. The molecule has 4 nitrogen and oxygen atoms in total. The summed E-state index contributed by atoms with van der Waals surface area (Å²) in [5.41, 5.74) is 0.595. The van der Waals surface area contributed by atoms with E-state index >= 15 is 0 Å². The molecule has 2 N–H and O–H groups in total. The molecule has 0 aliphatic carbocycles. The SMILES string of the molecule is C[C@@H](C(=O)Nc1cccnc1Cl)[NH+]1CCCCCCC1.